The summed E-state index contributed by atoms with van der Waals surface area (Å²) < 4.78 is 8.16. The van der Waals surface area contributed by atoms with Crippen molar-refractivity contribution in [2.24, 2.45) is 0 Å². The standard InChI is InChI=1S/C19H31ClN4OSi/c1-6-7-8-15(2)19-21-13-17(16-9-10-18(20)23-22-16)24(19)14-25-11-12-26(3,4)5/h9-10,13,15H,6-8,11-12,14H2,1-5H3/t15-/m0/s1. The summed E-state index contributed by atoms with van der Waals surface area (Å²) in [7, 11) is -1.10. The van der Waals surface area contributed by atoms with Gasteiger partial charge in [-0.2, -0.15) is 0 Å². The molecule has 2 aromatic rings. The number of hydrogen-bond donors (Lipinski definition) is 0. The van der Waals surface area contributed by atoms with Gasteiger partial charge in [-0.05, 0) is 24.6 Å². The van der Waals surface area contributed by atoms with Crippen LogP contribution in [0, 0.1) is 0 Å². The summed E-state index contributed by atoms with van der Waals surface area (Å²) in [6.45, 7) is 12.8. The molecule has 0 aliphatic heterocycles. The van der Waals surface area contributed by atoms with Crippen LogP contribution in [0.3, 0.4) is 0 Å². The van der Waals surface area contributed by atoms with E-state index in [2.05, 4.69) is 53.2 Å². The molecule has 0 N–H and O–H groups in total. The quantitative estimate of drug-likeness (QED) is 0.388. The highest BCUT2D eigenvalue weighted by atomic mass is 35.5. The average molecular weight is 395 g/mol. The zero-order valence-electron chi connectivity index (χ0n) is 16.6. The first kappa shape index (κ1) is 21.1. The molecule has 144 valence electrons. The van der Waals surface area contributed by atoms with Gasteiger partial charge in [0.2, 0.25) is 0 Å². The van der Waals surface area contributed by atoms with Gasteiger partial charge < -0.3 is 9.30 Å². The first-order chi connectivity index (χ1) is 12.3. The Hall–Kier alpha value is -1.24. The molecule has 1 atom stereocenters. The second kappa shape index (κ2) is 9.62. The van der Waals surface area contributed by atoms with Crippen LogP contribution in [0.25, 0.3) is 11.4 Å². The van der Waals surface area contributed by atoms with Crippen molar-refractivity contribution < 1.29 is 4.74 Å². The van der Waals surface area contributed by atoms with E-state index in [0.29, 0.717) is 17.8 Å². The van der Waals surface area contributed by atoms with E-state index in [4.69, 9.17) is 16.3 Å². The number of hydrogen-bond acceptors (Lipinski definition) is 4. The smallest absolute Gasteiger partial charge is 0.151 e. The van der Waals surface area contributed by atoms with Crippen molar-refractivity contribution >= 4 is 19.7 Å². The highest BCUT2D eigenvalue weighted by Gasteiger charge is 2.19. The summed E-state index contributed by atoms with van der Waals surface area (Å²) in [6.07, 6.45) is 5.37. The molecule has 0 aromatic carbocycles. The zero-order valence-corrected chi connectivity index (χ0v) is 18.4. The topological polar surface area (TPSA) is 52.8 Å². The average Bonchev–Trinajstić information content (AvgIpc) is 3.00. The Kier molecular flexibility index (Phi) is 7.79. The van der Waals surface area contributed by atoms with Gasteiger partial charge in [0.05, 0.1) is 11.9 Å². The third kappa shape index (κ3) is 6.18. The highest BCUT2D eigenvalue weighted by Crippen LogP contribution is 2.26. The molecule has 0 amide bonds. The molecule has 2 rings (SSSR count). The number of nitrogens with zero attached hydrogens (tertiary/aromatic N) is 4. The summed E-state index contributed by atoms with van der Waals surface area (Å²) in [4.78, 5) is 4.69. The van der Waals surface area contributed by atoms with Crippen LogP contribution in [-0.2, 0) is 11.5 Å². The molecule has 0 saturated carbocycles. The summed E-state index contributed by atoms with van der Waals surface area (Å²) in [5, 5.41) is 8.58. The Morgan fingerprint density at radius 1 is 1.23 bits per heavy atom. The van der Waals surface area contributed by atoms with Crippen molar-refractivity contribution in [1.82, 2.24) is 19.7 Å². The van der Waals surface area contributed by atoms with Crippen molar-refractivity contribution in [3.8, 4) is 11.4 Å². The van der Waals surface area contributed by atoms with Gasteiger partial charge in [-0.1, -0.05) is 57.9 Å². The SMILES string of the molecule is CCCC[C@H](C)c1ncc(-c2ccc(Cl)nn2)n1COCC[Si](C)(C)C. The summed E-state index contributed by atoms with van der Waals surface area (Å²) in [5.74, 6) is 1.43. The van der Waals surface area contributed by atoms with Crippen LogP contribution in [0.1, 0.15) is 44.9 Å². The number of unbranched alkanes of at least 4 members (excludes halogenated alkanes) is 1. The van der Waals surface area contributed by atoms with E-state index >= 15 is 0 Å². The normalized spacial score (nSPS) is 13.2. The van der Waals surface area contributed by atoms with Gasteiger partial charge in [0.25, 0.3) is 0 Å². The van der Waals surface area contributed by atoms with Crippen LogP contribution >= 0.6 is 11.6 Å². The molecule has 2 aromatic heterocycles. The Bertz CT molecular complexity index is 682. The third-order valence-corrected chi connectivity index (χ3v) is 6.33. The molecule has 0 spiro atoms. The Balaban J connectivity index is 2.21. The minimum atomic E-state index is -1.10. The molecule has 26 heavy (non-hydrogen) atoms. The van der Waals surface area contributed by atoms with Crippen LogP contribution in [0.5, 0.6) is 0 Å². The maximum absolute atomic E-state index is 6.02. The first-order valence-corrected chi connectivity index (χ1v) is 13.5. The second-order valence-electron chi connectivity index (χ2n) is 8.06. The van der Waals surface area contributed by atoms with E-state index in [0.717, 1.165) is 36.3 Å². The predicted octanol–water partition coefficient (Wildman–Crippen LogP) is 5.60. The van der Waals surface area contributed by atoms with Gasteiger partial charge in [0, 0.05) is 20.6 Å². The Morgan fingerprint density at radius 2 is 2.00 bits per heavy atom. The fraction of sp³-hybridized carbons (Fsp3) is 0.632. The lowest BCUT2D eigenvalue weighted by molar-refractivity contribution is 0.0853. The number of halogens is 1. The minimum Gasteiger partial charge on any atom is -0.361 e. The van der Waals surface area contributed by atoms with Gasteiger partial charge >= 0.3 is 0 Å². The maximum atomic E-state index is 6.02. The zero-order chi connectivity index (χ0) is 19.2. The summed E-state index contributed by atoms with van der Waals surface area (Å²) in [5.41, 5.74) is 1.70. The fourth-order valence-electron chi connectivity index (χ4n) is 2.75. The van der Waals surface area contributed by atoms with E-state index in [-0.39, 0.29) is 0 Å². The largest absolute Gasteiger partial charge is 0.361 e. The Labute approximate surface area is 163 Å². The van der Waals surface area contributed by atoms with E-state index in [1.165, 1.54) is 12.8 Å². The molecule has 0 bridgehead atoms. The minimum absolute atomic E-state index is 0.379. The van der Waals surface area contributed by atoms with Crippen LogP contribution in [0.15, 0.2) is 18.3 Å². The van der Waals surface area contributed by atoms with Gasteiger partial charge in [-0.15, -0.1) is 10.2 Å². The van der Waals surface area contributed by atoms with Crippen molar-refractivity contribution in [1.29, 1.82) is 0 Å². The fourth-order valence-corrected chi connectivity index (χ4v) is 3.61. The molecule has 0 aliphatic rings. The molecule has 0 radical (unpaired) electrons. The predicted molar refractivity (Wildman–Crippen MR) is 110 cm³/mol. The molecule has 2 heterocycles. The monoisotopic (exact) mass is 394 g/mol. The van der Waals surface area contributed by atoms with Gasteiger partial charge in [-0.3, -0.25) is 0 Å². The molecular weight excluding hydrogens is 364 g/mol. The van der Waals surface area contributed by atoms with Crippen molar-refractivity contribution in [2.75, 3.05) is 6.61 Å². The van der Waals surface area contributed by atoms with Crippen molar-refractivity contribution in [3.63, 3.8) is 0 Å². The van der Waals surface area contributed by atoms with Crippen LogP contribution < -0.4 is 0 Å². The van der Waals surface area contributed by atoms with E-state index in [1.54, 1.807) is 6.07 Å². The Morgan fingerprint density at radius 3 is 2.62 bits per heavy atom. The highest BCUT2D eigenvalue weighted by molar-refractivity contribution is 6.76. The number of imidazole rings is 1. The van der Waals surface area contributed by atoms with Crippen LogP contribution in [0.4, 0.5) is 0 Å². The molecule has 5 nitrogen and oxygen atoms in total. The summed E-state index contributed by atoms with van der Waals surface area (Å²) in [6, 6.07) is 4.79. The lowest BCUT2D eigenvalue weighted by atomic mass is 10.0. The first-order valence-electron chi connectivity index (χ1n) is 9.44. The second-order valence-corrected chi connectivity index (χ2v) is 14.1. The molecule has 0 aliphatic carbocycles. The number of rotatable bonds is 10. The lowest BCUT2D eigenvalue weighted by Gasteiger charge is -2.18. The number of ether oxygens (including phenoxy) is 1. The van der Waals surface area contributed by atoms with Crippen molar-refractivity contribution in [3.05, 3.63) is 29.3 Å². The maximum Gasteiger partial charge on any atom is 0.151 e. The summed E-state index contributed by atoms with van der Waals surface area (Å²) >= 11 is 5.88. The van der Waals surface area contributed by atoms with Crippen molar-refractivity contribution in [2.45, 2.75) is 71.4 Å². The van der Waals surface area contributed by atoms with Gasteiger partial charge in [-0.25, -0.2) is 4.98 Å². The van der Waals surface area contributed by atoms with Crippen LogP contribution in [-0.4, -0.2) is 34.4 Å². The van der Waals surface area contributed by atoms with Gasteiger partial charge in [0.15, 0.2) is 5.15 Å². The third-order valence-electron chi connectivity index (χ3n) is 4.43. The van der Waals surface area contributed by atoms with E-state index < -0.39 is 8.07 Å². The van der Waals surface area contributed by atoms with Gasteiger partial charge in [0.1, 0.15) is 18.2 Å². The molecule has 0 fully saturated rings. The lowest BCUT2D eigenvalue weighted by Crippen LogP contribution is -2.22. The molecule has 0 saturated heterocycles. The van der Waals surface area contributed by atoms with E-state index in [9.17, 15) is 0 Å². The molecule has 0 unspecified atom stereocenters. The van der Waals surface area contributed by atoms with Crippen LogP contribution in [0.2, 0.25) is 30.8 Å². The number of aromatic nitrogens is 4. The molecular formula is C19H31ClN4OSi. The van der Waals surface area contributed by atoms with E-state index in [1.807, 2.05) is 12.3 Å². The molecule has 7 heteroatoms.